The Morgan fingerprint density at radius 1 is 0.698 bits per heavy atom. The van der Waals surface area contributed by atoms with E-state index in [4.69, 9.17) is 56.0 Å². The molecule has 5 aromatic rings. The van der Waals surface area contributed by atoms with Crippen LogP contribution >= 0.6 is 30.5 Å². The molecule has 0 saturated carbocycles. The molecule has 12 heteroatoms. The summed E-state index contributed by atoms with van der Waals surface area (Å²) < 4.78 is 46.4. The van der Waals surface area contributed by atoms with Crippen LogP contribution < -0.4 is 44.9 Å². The van der Waals surface area contributed by atoms with Gasteiger partial charge >= 0.3 is 0 Å². The van der Waals surface area contributed by atoms with Crippen molar-refractivity contribution in [2.24, 2.45) is 0 Å². The second kappa shape index (κ2) is 13.7. The maximum atomic E-state index is 8.49. The summed E-state index contributed by atoms with van der Waals surface area (Å²) in [6, 6.07) is 37.4. The number of benzene rings is 4. The average Bonchev–Trinajstić information content (AvgIpc) is 3.44. The lowest BCUT2D eigenvalue weighted by Gasteiger charge is -2.30. The first-order valence-electron chi connectivity index (χ1n) is 13.1. The molecule has 1 aromatic heterocycles. The lowest BCUT2D eigenvalue weighted by atomic mass is 10.2. The fourth-order valence-electron chi connectivity index (χ4n) is 5.04. The van der Waals surface area contributed by atoms with E-state index in [0.717, 1.165) is 11.3 Å². The molecule has 1 aliphatic heterocycles. The second-order valence-electron chi connectivity index (χ2n) is 9.43. The van der Waals surface area contributed by atoms with Gasteiger partial charge in [-0.1, -0.05) is 77.8 Å². The number of anilines is 1. The van der Waals surface area contributed by atoms with Gasteiger partial charge in [0.15, 0.2) is 7.26 Å². The highest BCUT2D eigenvalue weighted by Crippen LogP contribution is 2.56. The van der Waals surface area contributed by atoms with E-state index in [1.165, 1.54) is 15.9 Å². The van der Waals surface area contributed by atoms with Gasteiger partial charge in [0.05, 0.1) is 23.8 Å². The average molecular weight is 660 g/mol. The van der Waals surface area contributed by atoms with E-state index >= 15 is 0 Å². The fourth-order valence-corrected chi connectivity index (χ4v) is 9.73. The monoisotopic (exact) mass is 658 g/mol. The van der Waals surface area contributed by atoms with Crippen molar-refractivity contribution in [3.8, 4) is 11.5 Å². The summed E-state index contributed by atoms with van der Waals surface area (Å²) in [6.45, 7) is 2.69. The summed E-state index contributed by atoms with van der Waals surface area (Å²) in [7, 11) is -7.44. The van der Waals surface area contributed by atoms with Crippen molar-refractivity contribution in [3.63, 3.8) is 0 Å². The Morgan fingerprint density at radius 3 is 1.60 bits per heavy atom. The zero-order valence-electron chi connectivity index (χ0n) is 22.6. The highest BCUT2D eigenvalue weighted by Gasteiger charge is 2.53. The molecule has 4 aromatic carbocycles. The van der Waals surface area contributed by atoms with Gasteiger partial charge in [0.25, 0.3) is 11.3 Å². The minimum Gasteiger partial charge on any atom is -0.416 e. The normalized spacial score (nSPS) is 13.8. The van der Waals surface area contributed by atoms with Crippen LogP contribution in [-0.4, -0.2) is 31.3 Å². The van der Waals surface area contributed by atoms with Crippen molar-refractivity contribution in [1.29, 1.82) is 0 Å². The predicted octanol–water partition coefficient (Wildman–Crippen LogP) is 1.35. The van der Waals surface area contributed by atoms with Gasteiger partial charge in [-0.05, 0) is 54.6 Å². The number of nitrogens with zero attached hydrogens (tertiary/aromatic N) is 2. The van der Waals surface area contributed by atoms with Crippen molar-refractivity contribution < 1.29 is 38.0 Å². The molecule has 0 aliphatic carbocycles. The van der Waals surface area contributed by atoms with E-state index in [1.807, 2.05) is 12.1 Å². The van der Waals surface area contributed by atoms with Gasteiger partial charge in [0, 0.05) is 18.1 Å². The largest absolute Gasteiger partial charge is 0.416 e. The number of rotatable bonds is 6. The molecule has 0 atom stereocenters. The molecular weight excluding hydrogens is 634 g/mol. The molecule has 1 saturated heterocycles. The Morgan fingerprint density at radius 2 is 1.16 bits per heavy atom. The van der Waals surface area contributed by atoms with Gasteiger partial charge in [0.1, 0.15) is 15.9 Å². The van der Waals surface area contributed by atoms with Crippen molar-refractivity contribution in [1.82, 2.24) is 4.98 Å². The zero-order valence-corrected chi connectivity index (χ0v) is 25.8. The number of morpholine rings is 1. The SMILES string of the molecule is Clc1ccc(-c2nc([P+](c3ccccc3)(c3ccccc3)c3ccccc3)c(N3CCOCC3)o2)c(Cl)c1.[O-][Cl+3]([O-])([O-])[O-]. The van der Waals surface area contributed by atoms with Crippen LogP contribution in [0, 0.1) is 10.2 Å². The molecule has 2 heterocycles. The summed E-state index contributed by atoms with van der Waals surface area (Å²) in [5.74, 6) is 1.24. The van der Waals surface area contributed by atoms with Gasteiger partial charge in [-0.2, -0.15) is 4.98 Å². The molecular formula is C31H26Cl3N2O6P. The topological polar surface area (TPSA) is 131 Å². The fraction of sp³-hybridized carbons (Fsp3) is 0.129. The summed E-state index contributed by atoms with van der Waals surface area (Å²) in [6.07, 6.45) is 0. The first kappa shape index (κ1) is 31.4. The van der Waals surface area contributed by atoms with E-state index < -0.39 is 17.5 Å². The Balaban J connectivity index is 0.000000682. The number of ether oxygens (including phenoxy) is 1. The van der Waals surface area contributed by atoms with E-state index in [-0.39, 0.29) is 0 Å². The highest BCUT2D eigenvalue weighted by atomic mass is 35.7. The van der Waals surface area contributed by atoms with E-state index in [9.17, 15) is 0 Å². The Labute approximate surface area is 261 Å². The minimum atomic E-state index is -4.94. The van der Waals surface area contributed by atoms with Crippen LogP contribution in [0.2, 0.25) is 10.0 Å². The zero-order chi connectivity index (χ0) is 30.5. The van der Waals surface area contributed by atoms with Crippen LogP contribution in [0.15, 0.2) is 114 Å². The predicted molar refractivity (Wildman–Crippen MR) is 160 cm³/mol. The van der Waals surface area contributed by atoms with Crippen LogP contribution in [0.5, 0.6) is 0 Å². The molecule has 0 amide bonds. The van der Waals surface area contributed by atoms with Gasteiger partial charge in [0.2, 0.25) is 5.89 Å². The van der Waals surface area contributed by atoms with Crippen molar-refractivity contribution in [3.05, 3.63) is 119 Å². The maximum Gasteiger partial charge on any atom is 0.262 e. The molecule has 1 fully saturated rings. The molecule has 222 valence electrons. The quantitative estimate of drug-likeness (QED) is 0.250. The first-order valence-corrected chi connectivity index (χ1v) is 16.9. The highest BCUT2D eigenvalue weighted by molar-refractivity contribution is 8.01. The summed E-state index contributed by atoms with van der Waals surface area (Å²) in [5, 5.41) is 4.68. The molecule has 0 unspecified atom stereocenters. The summed E-state index contributed by atoms with van der Waals surface area (Å²) >= 11 is 12.9. The molecule has 6 rings (SSSR count). The second-order valence-corrected chi connectivity index (χ2v) is 14.3. The van der Waals surface area contributed by atoms with E-state index in [2.05, 4.69) is 95.9 Å². The Bertz CT molecular complexity index is 1530. The lowest BCUT2D eigenvalue weighted by Crippen LogP contribution is -2.68. The molecule has 0 N–H and O–H groups in total. The molecule has 43 heavy (non-hydrogen) atoms. The van der Waals surface area contributed by atoms with Gasteiger partial charge in [-0.3, -0.25) is 0 Å². The number of hydrogen-bond donors (Lipinski definition) is 0. The first-order chi connectivity index (χ1) is 20.7. The third-order valence-electron chi connectivity index (χ3n) is 6.80. The van der Waals surface area contributed by atoms with Gasteiger partial charge < -0.3 is 14.1 Å². The summed E-state index contributed by atoms with van der Waals surface area (Å²) in [5.41, 5.74) is 1.63. The van der Waals surface area contributed by atoms with Gasteiger partial charge in [-0.25, -0.2) is 18.6 Å². The summed E-state index contributed by atoms with van der Waals surface area (Å²) in [4.78, 5) is 7.57. The Kier molecular flexibility index (Phi) is 10.0. The minimum absolute atomic E-state index is 0.482. The van der Waals surface area contributed by atoms with E-state index in [1.54, 1.807) is 6.07 Å². The third-order valence-corrected chi connectivity index (χ3v) is 11.5. The van der Waals surface area contributed by atoms with Crippen LogP contribution in [0.4, 0.5) is 5.88 Å². The van der Waals surface area contributed by atoms with Crippen LogP contribution in [0.25, 0.3) is 11.5 Å². The van der Waals surface area contributed by atoms with Crippen molar-refractivity contribution in [2.45, 2.75) is 0 Å². The van der Waals surface area contributed by atoms with Crippen molar-refractivity contribution >= 4 is 57.7 Å². The lowest BCUT2D eigenvalue weighted by molar-refractivity contribution is -2.00. The van der Waals surface area contributed by atoms with Crippen LogP contribution in [0.1, 0.15) is 0 Å². The van der Waals surface area contributed by atoms with Crippen molar-refractivity contribution in [2.75, 3.05) is 31.2 Å². The van der Waals surface area contributed by atoms with Crippen LogP contribution in [0.3, 0.4) is 0 Å². The molecule has 8 nitrogen and oxygen atoms in total. The van der Waals surface area contributed by atoms with E-state index in [0.29, 0.717) is 47.8 Å². The van der Waals surface area contributed by atoms with Gasteiger partial charge in [-0.15, -0.1) is 10.2 Å². The molecule has 0 spiro atoms. The Hall–Kier alpha value is -3.01. The smallest absolute Gasteiger partial charge is 0.262 e. The molecule has 1 aliphatic rings. The number of hydrogen-bond acceptors (Lipinski definition) is 8. The molecule has 0 bridgehead atoms. The number of halogens is 3. The van der Waals surface area contributed by atoms with Crippen LogP contribution in [-0.2, 0) is 4.74 Å². The maximum absolute atomic E-state index is 8.49. The standard InChI is InChI=1S/C31H26Cl2N2O2P.ClHO4/c32-23-16-17-27(28(33)22-23)29-34-30(31(37-29)35-18-20-36-21-19-35)38(24-10-4-1-5-11-24,25-12-6-2-7-13-25)26-14-8-3-9-15-26;2-1(3,4)5/h1-17,22H,18-21H2;(H,2,3,4,5)/q+1;/p-1. The molecule has 0 radical (unpaired) electrons. The number of aromatic nitrogens is 1. The number of oxazole rings is 1. The third kappa shape index (κ3) is 7.21.